The van der Waals surface area contributed by atoms with Gasteiger partial charge < -0.3 is 27.9 Å². The number of esters is 1. The first kappa shape index (κ1) is 29.7. The second-order valence-corrected chi connectivity index (χ2v) is 10.1. The lowest BCUT2D eigenvalue weighted by atomic mass is 10.2. The normalized spacial score (nSPS) is 11.9. The number of rotatable bonds is 10. The number of carbonyl (C=O) groups excluding carboxylic acids is 2. The van der Waals surface area contributed by atoms with Gasteiger partial charge in [-0.05, 0) is 86.6 Å². The van der Waals surface area contributed by atoms with Crippen molar-refractivity contribution in [3.63, 3.8) is 0 Å². The Hall–Kier alpha value is -6.37. The lowest BCUT2D eigenvalue weighted by molar-refractivity contribution is -0.384. The summed E-state index contributed by atoms with van der Waals surface area (Å²) in [6, 6.07) is 23.0. The standard InChI is InChI=1S/C33H26N4O9/c1-20-3-4-21(2)36(20)24-6-9-26(10-7-24)42-18-27-11-14-30(45-27)32(38)35-34-17-23-15-25(37(40)41)8-13-28(23)46-33(39)22-5-12-29-31(16-22)44-19-43-29/h3-17H,18-19H2,1-2H3,(H,35,38)/b34-17+. The predicted octanol–water partition coefficient (Wildman–Crippen LogP) is 5.89. The number of carbonyl (C=O) groups is 2. The minimum absolute atomic E-state index is 0.0182. The Balaban J connectivity index is 1.08. The molecule has 3 aromatic carbocycles. The fourth-order valence-corrected chi connectivity index (χ4v) is 4.74. The highest BCUT2D eigenvalue weighted by atomic mass is 16.7. The molecule has 0 spiro atoms. The summed E-state index contributed by atoms with van der Waals surface area (Å²) in [5, 5.41) is 15.2. The van der Waals surface area contributed by atoms with Gasteiger partial charge in [-0.25, -0.2) is 10.2 Å². The van der Waals surface area contributed by atoms with Gasteiger partial charge in [0.15, 0.2) is 17.3 Å². The maximum absolute atomic E-state index is 12.8. The van der Waals surface area contributed by atoms with Crippen LogP contribution in [0.1, 0.15) is 43.6 Å². The number of aromatic nitrogens is 1. The van der Waals surface area contributed by atoms with Gasteiger partial charge in [-0.3, -0.25) is 14.9 Å². The van der Waals surface area contributed by atoms with Crippen molar-refractivity contribution < 1.29 is 37.9 Å². The van der Waals surface area contributed by atoms with Gasteiger partial charge in [0.2, 0.25) is 6.79 Å². The number of furan rings is 1. The molecule has 0 atom stereocenters. The van der Waals surface area contributed by atoms with Crippen LogP contribution in [-0.4, -0.2) is 34.4 Å². The second-order valence-electron chi connectivity index (χ2n) is 10.1. The number of benzene rings is 3. The molecule has 1 aliphatic rings. The van der Waals surface area contributed by atoms with Gasteiger partial charge in [0.25, 0.3) is 5.69 Å². The number of hydrogen-bond acceptors (Lipinski definition) is 10. The molecule has 6 rings (SSSR count). The Bertz CT molecular complexity index is 1960. The Morgan fingerprint density at radius 3 is 2.48 bits per heavy atom. The number of nitrogens with one attached hydrogen (secondary N) is 1. The van der Waals surface area contributed by atoms with Crippen LogP contribution in [0.25, 0.3) is 5.69 Å². The SMILES string of the molecule is Cc1ccc(C)n1-c1ccc(OCc2ccc(C(=O)N/N=C/c3cc([N+](=O)[O-])ccc3OC(=O)c3ccc4c(c3)OCO4)o2)cc1. The summed E-state index contributed by atoms with van der Waals surface area (Å²) in [6.45, 7) is 4.21. The molecule has 0 saturated heterocycles. The Labute approximate surface area is 261 Å². The number of hydrazone groups is 1. The van der Waals surface area contributed by atoms with Crippen molar-refractivity contribution in [2.75, 3.05) is 6.79 Å². The molecular weight excluding hydrogens is 596 g/mol. The summed E-state index contributed by atoms with van der Waals surface area (Å²) in [7, 11) is 0. The molecule has 0 unspecified atom stereocenters. The van der Waals surface area contributed by atoms with Gasteiger partial charge >= 0.3 is 11.9 Å². The summed E-state index contributed by atoms with van der Waals surface area (Å²) >= 11 is 0. The summed E-state index contributed by atoms with van der Waals surface area (Å²) in [6.07, 6.45) is 1.13. The van der Waals surface area contributed by atoms with Crippen LogP contribution in [0.4, 0.5) is 5.69 Å². The maximum Gasteiger partial charge on any atom is 0.343 e. The number of fused-ring (bicyclic) bond motifs is 1. The average Bonchev–Trinajstić information content (AvgIpc) is 3.80. The van der Waals surface area contributed by atoms with E-state index < -0.39 is 16.8 Å². The maximum atomic E-state index is 12.8. The Morgan fingerprint density at radius 1 is 0.957 bits per heavy atom. The third-order valence-corrected chi connectivity index (χ3v) is 7.02. The van der Waals surface area contributed by atoms with E-state index in [1.807, 2.05) is 38.1 Å². The highest BCUT2D eigenvalue weighted by Crippen LogP contribution is 2.33. The van der Waals surface area contributed by atoms with Crippen molar-refractivity contribution in [2.24, 2.45) is 5.10 Å². The summed E-state index contributed by atoms with van der Waals surface area (Å²) in [5.41, 5.74) is 5.56. The number of aryl methyl sites for hydroxylation is 2. The predicted molar refractivity (Wildman–Crippen MR) is 164 cm³/mol. The molecule has 0 bridgehead atoms. The zero-order valence-corrected chi connectivity index (χ0v) is 24.6. The van der Waals surface area contributed by atoms with E-state index in [4.69, 9.17) is 23.4 Å². The third kappa shape index (κ3) is 6.43. The fourth-order valence-electron chi connectivity index (χ4n) is 4.74. The fraction of sp³-hybridized carbons (Fsp3) is 0.121. The highest BCUT2D eigenvalue weighted by molar-refractivity contribution is 5.95. The van der Waals surface area contributed by atoms with E-state index in [2.05, 4.69) is 27.2 Å². The van der Waals surface area contributed by atoms with Gasteiger partial charge in [0.1, 0.15) is 23.9 Å². The summed E-state index contributed by atoms with van der Waals surface area (Å²) in [5.74, 6) is 0.468. The molecule has 0 fully saturated rings. The third-order valence-electron chi connectivity index (χ3n) is 7.02. The molecule has 1 N–H and O–H groups in total. The number of non-ortho nitro benzene ring substituents is 1. The van der Waals surface area contributed by atoms with Gasteiger partial charge in [-0.2, -0.15) is 5.10 Å². The monoisotopic (exact) mass is 622 g/mol. The van der Waals surface area contributed by atoms with E-state index in [-0.39, 0.29) is 41.7 Å². The van der Waals surface area contributed by atoms with Crippen LogP contribution in [0.15, 0.2) is 94.4 Å². The van der Waals surface area contributed by atoms with Gasteiger partial charge in [-0.15, -0.1) is 0 Å². The van der Waals surface area contributed by atoms with Crippen molar-refractivity contribution in [1.29, 1.82) is 0 Å². The largest absolute Gasteiger partial charge is 0.486 e. The van der Waals surface area contributed by atoms with Crippen LogP contribution in [0.3, 0.4) is 0 Å². The molecule has 0 saturated carbocycles. The van der Waals surface area contributed by atoms with E-state index >= 15 is 0 Å². The van der Waals surface area contributed by atoms with E-state index in [0.717, 1.165) is 29.4 Å². The number of ether oxygens (including phenoxy) is 4. The van der Waals surface area contributed by atoms with Crippen molar-refractivity contribution in [3.05, 3.63) is 129 Å². The van der Waals surface area contributed by atoms with Crippen molar-refractivity contribution in [3.8, 4) is 28.7 Å². The number of hydrogen-bond donors (Lipinski definition) is 1. The average molecular weight is 623 g/mol. The van der Waals surface area contributed by atoms with E-state index in [1.165, 1.54) is 30.3 Å². The lowest BCUT2D eigenvalue weighted by Gasteiger charge is -2.10. The first-order chi connectivity index (χ1) is 22.2. The zero-order valence-electron chi connectivity index (χ0n) is 24.6. The number of amides is 1. The number of nitro benzene ring substituents is 1. The quantitative estimate of drug-likeness (QED) is 0.0660. The van der Waals surface area contributed by atoms with Gasteiger partial charge in [0, 0.05) is 34.8 Å². The van der Waals surface area contributed by atoms with Gasteiger partial charge in [-0.1, -0.05) is 0 Å². The molecule has 0 radical (unpaired) electrons. The van der Waals surface area contributed by atoms with Crippen LogP contribution >= 0.6 is 0 Å². The molecule has 1 amide bonds. The zero-order chi connectivity index (χ0) is 32.2. The van der Waals surface area contributed by atoms with E-state index in [1.54, 1.807) is 12.1 Å². The van der Waals surface area contributed by atoms with Crippen LogP contribution in [0.5, 0.6) is 23.0 Å². The molecule has 2 aromatic heterocycles. The van der Waals surface area contributed by atoms with Crippen LogP contribution < -0.4 is 24.4 Å². The lowest BCUT2D eigenvalue weighted by Crippen LogP contribution is -2.17. The molecular formula is C33H26N4O9. The molecule has 3 heterocycles. The van der Waals surface area contributed by atoms with Crippen molar-refractivity contribution in [2.45, 2.75) is 20.5 Å². The highest BCUT2D eigenvalue weighted by Gasteiger charge is 2.20. The molecule has 1 aliphatic heterocycles. The summed E-state index contributed by atoms with van der Waals surface area (Å²) < 4.78 is 29.6. The van der Waals surface area contributed by atoms with E-state index in [0.29, 0.717) is 23.0 Å². The smallest absolute Gasteiger partial charge is 0.343 e. The summed E-state index contributed by atoms with van der Waals surface area (Å²) in [4.78, 5) is 36.2. The Kier molecular flexibility index (Phi) is 8.20. The molecule has 46 heavy (non-hydrogen) atoms. The molecule has 13 nitrogen and oxygen atoms in total. The first-order valence-corrected chi connectivity index (χ1v) is 14.0. The van der Waals surface area contributed by atoms with E-state index in [9.17, 15) is 19.7 Å². The number of nitrogens with zero attached hydrogens (tertiary/aromatic N) is 3. The van der Waals surface area contributed by atoms with Crippen LogP contribution in [0, 0.1) is 24.0 Å². The van der Waals surface area contributed by atoms with Crippen molar-refractivity contribution in [1.82, 2.24) is 9.99 Å². The Morgan fingerprint density at radius 2 is 1.72 bits per heavy atom. The molecule has 0 aliphatic carbocycles. The van der Waals surface area contributed by atoms with Crippen LogP contribution in [-0.2, 0) is 6.61 Å². The minimum atomic E-state index is -0.738. The topological polar surface area (TPSA) is 157 Å². The first-order valence-electron chi connectivity index (χ1n) is 14.0. The molecule has 232 valence electrons. The van der Waals surface area contributed by atoms with Crippen LogP contribution in [0.2, 0.25) is 0 Å². The van der Waals surface area contributed by atoms with Crippen molar-refractivity contribution >= 4 is 23.8 Å². The number of nitro groups is 1. The molecule has 13 heteroatoms. The molecule has 5 aromatic rings. The second kappa shape index (κ2) is 12.7. The van der Waals surface area contributed by atoms with Gasteiger partial charge in [0.05, 0.1) is 16.7 Å². The minimum Gasteiger partial charge on any atom is -0.486 e.